The number of ether oxygens (including phenoxy) is 4. The van der Waals surface area contributed by atoms with Crippen LogP contribution in [0.25, 0.3) is 43.1 Å². The van der Waals surface area contributed by atoms with Gasteiger partial charge in [-0.15, -0.1) is 0 Å². The summed E-state index contributed by atoms with van der Waals surface area (Å²) in [6.45, 7) is 8.11. The fourth-order valence-corrected chi connectivity index (χ4v) is 24.5. The van der Waals surface area contributed by atoms with Gasteiger partial charge in [0.1, 0.15) is 46.0 Å². The highest BCUT2D eigenvalue weighted by molar-refractivity contribution is 6.48. The molecule has 580 valence electrons. The number of fused-ring (bicyclic) bond motifs is 14. The van der Waals surface area contributed by atoms with Crippen molar-refractivity contribution < 1.29 is 38.1 Å². The molecule has 10 nitrogen and oxygen atoms in total. The molecule has 0 aromatic heterocycles. The second kappa shape index (κ2) is 28.0. The van der Waals surface area contributed by atoms with Crippen molar-refractivity contribution in [1.82, 2.24) is 0 Å². The maximum Gasteiger partial charge on any atom is 0.266 e. The molecule has 0 unspecified atom stereocenters. The second-order valence-electron chi connectivity index (χ2n) is 37.8. The molecular weight excluding hydrogens is 1410 g/mol. The highest BCUT2D eigenvalue weighted by Gasteiger charge is 2.49. The van der Waals surface area contributed by atoms with E-state index < -0.39 is 23.6 Å². The molecule has 0 saturated heterocycles. The number of anilines is 2. The molecule has 12 saturated carbocycles. The van der Waals surface area contributed by atoms with Crippen molar-refractivity contribution in [3.8, 4) is 46.0 Å². The van der Waals surface area contributed by atoms with E-state index in [1.807, 2.05) is 149 Å². The van der Waals surface area contributed by atoms with Crippen molar-refractivity contribution >= 4 is 78.1 Å². The van der Waals surface area contributed by atoms with Crippen LogP contribution in [0, 0.1) is 73.0 Å². The first kappa shape index (κ1) is 71.9. The number of amides is 4. The SMILES string of the molecule is Cc1ccccc1Oc1cc2c3c(cc(Oc4ccccc4C)c4c5c(Oc6ccccc6C)cc6c7c(cc(Oc8ccccc8C)c(c1c34)c75)C(=O)N(c1c(CCC34CCC(CC3)CC4)cccc1CCC13CCC(CC1)CC3)C6=O)C(=O)N(c1c(CCC34CCC(CC3)CC4)cccc1CCC13CCC(CC1)CC3)C2=O. The number of carbonyl (C=O) groups excluding carboxylic acids is 4. The highest BCUT2D eigenvalue weighted by Crippen LogP contribution is 2.62. The number of benzene rings is 11. The van der Waals surface area contributed by atoms with E-state index in [0.29, 0.717) is 123 Å². The normalized spacial score (nSPS) is 25.3. The minimum absolute atomic E-state index is 0.235. The maximum atomic E-state index is 17.3. The van der Waals surface area contributed by atoms with Crippen molar-refractivity contribution in [2.75, 3.05) is 9.80 Å². The van der Waals surface area contributed by atoms with E-state index in [1.54, 1.807) is 9.80 Å². The summed E-state index contributed by atoms with van der Waals surface area (Å²) in [6, 6.07) is 52.5. The van der Waals surface area contributed by atoms with Crippen LogP contribution in [-0.2, 0) is 25.7 Å². The molecule has 0 radical (unpaired) electrons. The average molecular weight is 1510 g/mol. The zero-order chi connectivity index (χ0) is 76.9. The molecule has 12 aliphatic carbocycles. The van der Waals surface area contributed by atoms with E-state index in [4.69, 9.17) is 18.9 Å². The van der Waals surface area contributed by atoms with Gasteiger partial charge < -0.3 is 18.9 Å². The van der Waals surface area contributed by atoms with Gasteiger partial charge in [0, 0.05) is 43.1 Å². The van der Waals surface area contributed by atoms with Crippen molar-refractivity contribution in [3.05, 3.63) is 224 Å². The Balaban J connectivity index is 0.838. The molecule has 114 heavy (non-hydrogen) atoms. The zero-order valence-corrected chi connectivity index (χ0v) is 67.1. The zero-order valence-electron chi connectivity index (χ0n) is 67.1. The number of carbonyl (C=O) groups is 4. The monoisotopic (exact) mass is 1510 g/mol. The standard InChI is InChI=1S/C104H106N2O8/c1-63-15-5-9-23-79(63)111-83-59-75-87-76(98(108)105(97(75)107)95-71(39-55-101-43-27-67(28-44-101)29-45-101)19-13-20-72(95)40-56-102-46-30-68(31-47-102)32-48-102)61-85(113-81-25-11-7-17-65(81)3)91-92-86(114-82-26-12-8-18-66(82)4)62-78-88-77(60-84(90(94(88)92)89(83)93(87)91)112-80-24-10-6-16-64(80)2)99(109)106(100(78)110)96-73(41-57-103-49-33-69(34-50-103)35-51-103)21-14-22-74(96)42-58-104-52-36-70(37-53-104)38-54-104/h5-26,59-62,67-70H,27-58H2,1-4H3. The lowest BCUT2D eigenvalue weighted by Gasteiger charge is -2.47. The van der Waals surface area contributed by atoms with Crippen molar-refractivity contribution in [2.24, 2.45) is 45.3 Å². The molecule has 10 heteroatoms. The van der Waals surface area contributed by atoms with Crippen LogP contribution in [0.5, 0.6) is 46.0 Å². The molecule has 0 atom stereocenters. The van der Waals surface area contributed by atoms with E-state index >= 15 is 19.2 Å². The van der Waals surface area contributed by atoms with E-state index in [-0.39, 0.29) is 21.7 Å². The first-order chi connectivity index (χ1) is 55.6. The lowest BCUT2D eigenvalue weighted by molar-refractivity contribution is 0.0566. The molecule has 4 amide bonds. The van der Waals surface area contributed by atoms with Crippen molar-refractivity contribution in [2.45, 2.75) is 233 Å². The fraction of sp³-hybridized carbons (Fsp3) is 0.423. The Kier molecular flexibility index (Phi) is 17.7. The topological polar surface area (TPSA) is 112 Å². The lowest BCUT2D eigenvalue weighted by Crippen LogP contribution is -2.42. The van der Waals surface area contributed by atoms with Gasteiger partial charge in [-0.1, -0.05) is 109 Å². The minimum Gasteiger partial charge on any atom is -0.456 e. The summed E-state index contributed by atoms with van der Waals surface area (Å²) in [7, 11) is 0. The molecule has 11 aromatic carbocycles. The summed E-state index contributed by atoms with van der Waals surface area (Å²) in [6.07, 6.45) is 37.0. The fourth-order valence-electron chi connectivity index (χ4n) is 24.5. The number of imide groups is 2. The Morgan fingerprint density at radius 3 is 0.684 bits per heavy atom. The van der Waals surface area contributed by atoms with Crippen LogP contribution >= 0.6 is 0 Å². The van der Waals surface area contributed by atoms with Crippen LogP contribution in [0.2, 0.25) is 0 Å². The lowest BCUT2D eigenvalue weighted by atomic mass is 9.58. The van der Waals surface area contributed by atoms with Gasteiger partial charge in [-0.05, 0) is 372 Å². The molecule has 25 rings (SSSR count). The Labute approximate surface area is 671 Å². The van der Waals surface area contributed by atoms with Crippen LogP contribution in [-0.4, -0.2) is 23.6 Å². The molecule has 8 bridgehead atoms. The number of aryl methyl sites for hydroxylation is 8. The van der Waals surface area contributed by atoms with Crippen molar-refractivity contribution in [1.29, 1.82) is 0 Å². The molecule has 2 heterocycles. The molecule has 12 fully saturated rings. The van der Waals surface area contributed by atoms with Gasteiger partial charge in [0.05, 0.1) is 33.6 Å². The predicted molar refractivity (Wildman–Crippen MR) is 456 cm³/mol. The van der Waals surface area contributed by atoms with Gasteiger partial charge in [0.25, 0.3) is 23.6 Å². The third-order valence-electron chi connectivity index (χ3n) is 31.7. The van der Waals surface area contributed by atoms with Gasteiger partial charge in [0.2, 0.25) is 0 Å². The minimum atomic E-state index is -0.426. The predicted octanol–water partition coefficient (Wildman–Crippen LogP) is 27.4. The summed E-state index contributed by atoms with van der Waals surface area (Å²) in [5, 5.41) is 4.02. The van der Waals surface area contributed by atoms with E-state index in [1.165, 1.54) is 154 Å². The van der Waals surface area contributed by atoms with E-state index in [0.717, 1.165) is 120 Å². The average Bonchev–Trinajstić information content (AvgIpc) is 0.669. The van der Waals surface area contributed by atoms with Gasteiger partial charge in [0.15, 0.2) is 0 Å². The molecule has 11 aromatic rings. The quantitative estimate of drug-likeness (QED) is 0.0375. The number of para-hydroxylation sites is 6. The molecule has 2 aliphatic heterocycles. The number of hydrogen-bond acceptors (Lipinski definition) is 8. The third kappa shape index (κ3) is 12.1. The summed E-state index contributed by atoms with van der Waals surface area (Å²) < 4.78 is 30.6. The first-order valence-corrected chi connectivity index (χ1v) is 43.9. The third-order valence-corrected chi connectivity index (χ3v) is 31.7. The van der Waals surface area contributed by atoms with Crippen molar-refractivity contribution in [3.63, 3.8) is 0 Å². The summed E-state index contributed by atoms with van der Waals surface area (Å²) >= 11 is 0. The van der Waals surface area contributed by atoms with E-state index in [9.17, 15) is 0 Å². The summed E-state index contributed by atoms with van der Waals surface area (Å²) in [4.78, 5) is 72.5. The van der Waals surface area contributed by atoms with Gasteiger partial charge in [-0.3, -0.25) is 19.2 Å². The smallest absolute Gasteiger partial charge is 0.266 e. The van der Waals surface area contributed by atoms with Crippen LogP contribution in [0.15, 0.2) is 158 Å². The Bertz CT molecular complexity index is 5030. The Morgan fingerprint density at radius 2 is 0.474 bits per heavy atom. The Hall–Kier alpha value is -9.80. The first-order valence-electron chi connectivity index (χ1n) is 43.9. The molecule has 0 spiro atoms. The molecular formula is C104H106N2O8. The van der Waals surface area contributed by atoms with Crippen LogP contribution in [0.3, 0.4) is 0 Å². The Morgan fingerprint density at radius 1 is 0.263 bits per heavy atom. The van der Waals surface area contributed by atoms with Crippen LogP contribution in [0.1, 0.15) is 266 Å². The number of nitrogens with zero attached hydrogens (tertiary/aromatic N) is 2. The van der Waals surface area contributed by atoms with E-state index in [2.05, 4.69) is 36.4 Å². The highest BCUT2D eigenvalue weighted by atomic mass is 16.5. The molecule has 0 N–H and O–H groups in total. The number of rotatable bonds is 22. The van der Waals surface area contributed by atoms with Gasteiger partial charge >= 0.3 is 0 Å². The maximum absolute atomic E-state index is 17.3. The largest absolute Gasteiger partial charge is 0.456 e. The number of hydrogen-bond donors (Lipinski definition) is 0. The van der Waals surface area contributed by atoms with Gasteiger partial charge in [-0.25, -0.2) is 9.80 Å². The summed E-state index contributed by atoms with van der Waals surface area (Å²) in [5.74, 6) is 5.13. The summed E-state index contributed by atoms with van der Waals surface area (Å²) in [5.41, 5.74) is 11.2. The van der Waals surface area contributed by atoms with Crippen LogP contribution < -0.4 is 28.7 Å². The van der Waals surface area contributed by atoms with Gasteiger partial charge in [-0.2, -0.15) is 0 Å². The second-order valence-corrected chi connectivity index (χ2v) is 37.8. The van der Waals surface area contributed by atoms with Crippen LogP contribution in [0.4, 0.5) is 11.4 Å². The molecule has 14 aliphatic rings.